The molecule has 11 nitrogen and oxygen atoms in total. The zero-order valence-corrected chi connectivity index (χ0v) is 19.2. The summed E-state index contributed by atoms with van der Waals surface area (Å²) in [6.45, 7) is 7.54. The van der Waals surface area contributed by atoms with Crippen molar-refractivity contribution in [1.29, 1.82) is 0 Å². The van der Waals surface area contributed by atoms with Crippen molar-refractivity contribution in [2.75, 3.05) is 5.32 Å². The van der Waals surface area contributed by atoms with Crippen LogP contribution in [0.5, 0.6) is 0 Å². The summed E-state index contributed by atoms with van der Waals surface area (Å²) in [6, 6.07) is 4.93. The predicted octanol–water partition coefficient (Wildman–Crippen LogP) is 2.11. The Balaban J connectivity index is 0.000000716. The Bertz CT molecular complexity index is 793. The molecule has 0 spiro atoms. The van der Waals surface area contributed by atoms with Crippen molar-refractivity contribution in [3.05, 3.63) is 29.8 Å². The van der Waals surface area contributed by atoms with Gasteiger partial charge in [0, 0.05) is 18.0 Å². The molecule has 0 radical (unpaired) electrons. The number of amides is 3. The Morgan fingerprint density at radius 1 is 0.939 bits per heavy atom. The summed E-state index contributed by atoms with van der Waals surface area (Å²) in [5.74, 6) is -3.58. The molecular weight excluding hydrogens is 434 g/mol. The van der Waals surface area contributed by atoms with Gasteiger partial charge >= 0.3 is 11.9 Å². The van der Waals surface area contributed by atoms with E-state index in [9.17, 15) is 24.0 Å². The molecule has 0 saturated heterocycles. The van der Waals surface area contributed by atoms with E-state index >= 15 is 0 Å². The van der Waals surface area contributed by atoms with Crippen molar-refractivity contribution >= 4 is 35.9 Å². The van der Waals surface area contributed by atoms with Crippen molar-refractivity contribution in [2.24, 2.45) is 17.8 Å². The van der Waals surface area contributed by atoms with Crippen LogP contribution >= 0.6 is 0 Å². The van der Waals surface area contributed by atoms with Gasteiger partial charge in [-0.25, -0.2) is 15.1 Å². The molecule has 0 aliphatic rings. The summed E-state index contributed by atoms with van der Waals surface area (Å²) in [6.07, 6.45) is 1.12. The van der Waals surface area contributed by atoms with E-state index < -0.39 is 35.7 Å². The zero-order valence-electron chi connectivity index (χ0n) is 19.2. The molecule has 2 atom stereocenters. The Morgan fingerprint density at radius 3 is 1.88 bits per heavy atom. The highest BCUT2D eigenvalue weighted by molar-refractivity contribution is 5.89. The van der Waals surface area contributed by atoms with Gasteiger partial charge in [-0.15, -0.1) is 0 Å². The number of hydrogen-bond donors (Lipinski definition) is 6. The normalized spacial score (nSPS) is 12.1. The highest BCUT2D eigenvalue weighted by Gasteiger charge is 2.28. The average molecular weight is 468 g/mol. The number of hydroxylamine groups is 1. The fraction of sp³-hybridized carbons (Fsp3) is 0.500. The van der Waals surface area contributed by atoms with Gasteiger partial charge in [0.15, 0.2) is 0 Å². The minimum absolute atomic E-state index is 0.121. The largest absolute Gasteiger partial charge is 0.480 e. The maximum absolute atomic E-state index is 12.2. The van der Waals surface area contributed by atoms with Crippen LogP contribution in [0.1, 0.15) is 57.3 Å². The number of anilines is 1. The smallest absolute Gasteiger partial charge is 0.335 e. The number of nitrogens with one attached hydrogen (secondary N) is 3. The van der Waals surface area contributed by atoms with Gasteiger partial charge in [-0.05, 0) is 48.9 Å². The lowest BCUT2D eigenvalue weighted by molar-refractivity contribution is -0.143. The van der Waals surface area contributed by atoms with E-state index in [2.05, 4.69) is 10.6 Å². The molecular formula is C22H33N3O8. The molecule has 0 aliphatic carbocycles. The van der Waals surface area contributed by atoms with Crippen LogP contribution < -0.4 is 16.1 Å². The highest BCUT2D eigenvalue weighted by Crippen LogP contribution is 2.17. The Kier molecular flexibility index (Phi) is 13.7. The third-order valence-corrected chi connectivity index (χ3v) is 4.36. The minimum Gasteiger partial charge on any atom is -0.480 e. The molecule has 1 aromatic carbocycles. The van der Waals surface area contributed by atoms with Crippen LogP contribution in [0.15, 0.2) is 24.3 Å². The molecule has 0 aromatic heterocycles. The van der Waals surface area contributed by atoms with Crippen molar-refractivity contribution < 1.29 is 39.4 Å². The van der Waals surface area contributed by atoms with Gasteiger partial charge in [0.2, 0.25) is 18.2 Å². The van der Waals surface area contributed by atoms with Crippen molar-refractivity contribution in [3.8, 4) is 0 Å². The summed E-state index contributed by atoms with van der Waals surface area (Å²) < 4.78 is 0. The van der Waals surface area contributed by atoms with Crippen LogP contribution in [-0.2, 0) is 19.2 Å². The van der Waals surface area contributed by atoms with Gasteiger partial charge in [0.05, 0.1) is 5.56 Å². The van der Waals surface area contributed by atoms with Gasteiger partial charge in [-0.2, -0.15) is 0 Å². The Labute approximate surface area is 192 Å². The van der Waals surface area contributed by atoms with E-state index in [1.54, 1.807) is 0 Å². The van der Waals surface area contributed by atoms with E-state index in [1.165, 1.54) is 29.7 Å². The van der Waals surface area contributed by atoms with Gasteiger partial charge in [0.1, 0.15) is 6.04 Å². The van der Waals surface area contributed by atoms with E-state index in [0.29, 0.717) is 24.9 Å². The summed E-state index contributed by atoms with van der Waals surface area (Å²) >= 11 is 0. The van der Waals surface area contributed by atoms with Crippen LogP contribution in [0.4, 0.5) is 5.69 Å². The lowest BCUT2D eigenvalue weighted by Crippen LogP contribution is -2.45. The number of rotatable bonds is 12. The standard InChI is InChI=1S/C14H26N2O5.C8H7NO3/c1-8(2)5-10(7-12(17)16-21)13(18)15-11(14(19)20)6-9(3)4;10-5-9-7-3-1-6(2-4-7)8(11)12/h8-11,21H,5-7H2,1-4H3,(H,15,18)(H,16,17)(H,19,20);1-5H,(H,9,10)(H,11,12)/t10?,11-;/m0./s1. The molecule has 0 fully saturated rings. The number of carbonyl (C=O) groups excluding carboxylic acids is 3. The molecule has 0 bridgehead atoms. The number of carboxylic acids is 2. The molecule has 6 N–H and O–H groups in total. The number of hydrogen-bond acceptors (Lipinski definition) is 6. The molecule has 184 valence electrons. The van der Waals surface area contributed by atoms with Gasteiger partial charge in [-0.1, -0.05) is 27.7 Å². The lowest BCUT2D eigenvalue weighted by Gasteiger charge is -2.22. The molecule has 33 heavy (non-hydrogen) atoms. The van der Waals surface area contributed by atoms with E-state index in [1.807, 2.05) is 27.7 Å². The number of benzene rings is 1. The van der Waals surface area contributed by atoms with Crippen molar-refractivity contribution in [2.45, 2.75) is 53.0 Å². The van der Waals surface area contributed by atoms with Crippen LogP contribution in [0.3, 0.4) is 0 Å². The number of aromatic carboxylic acids is 1. The zero-order chi connectivity index (χ0) is 25.6. The molecule has 11 heteroatoms. The number of carboxylic acid groups (broad SMARTS) is 2. The Hall–Kier alpha value is -3.47. The first-order chi connectivity index (χ1) is 15.4. The Morgan fingerprint density at radius 2 is 1.48 bits per heavy atom. The first-order valence-corrected chi connectivity index (χ1v) is 10.4. The molecule has 0 saturated carbocycles. The average Bonchev–Trinajstić information content (AvgIpc) is 2.73. The third-order valence-electron chi connectivity index (χ3n) is 4.36. The molecule has 0 aliphatic heterocycles. The summed E-state index contributed by atoms with van der Waals surface area (Å²) in [7, 11) is 0. The second-order valence-electron chi connectivity index (χ2n) is 8.24. The van der Waals surface area contributed by atoms with Crippen LogP contribution in [-0.4, -0.2) is 51.6 Å². The monoisotopic (exact) mass is 467 g/mol. The van der Waals surface area contributed by atoms with Gasteiger partial charge in [-0.3, -0.25) is 19.6 Å². The number of carbonyl (C=O) groups is 5. The molecule has 3 amide bonds. The fourth-order valence-corrected chi connectivity index (χ4v) is 2.88. The van der Waals surface area contributed by atoms with Crippen LogP contribution in [0.25, 0.3) is 0 Å². The molecule has 1 unspecified atom stereocenters. The van der Waals surface area contributed by atoms with Crippen molar-refractivity contribution in [3.63, 3.8) is 0 Å². The summed E-state index contributed by atoms with van der Waals surface area (Å²) in [5, 5.41) is 31.1. The SMILES string of the molecule is CC(C)CC(CC(=O)NO)C(=O)N[C@@H](CC(C)C)C(=O)O.O=CNc1ccc(C(=O)O)cc1. The van der Waals surface area contributed by atoms with Gasteiger partial charge < -0.3 is 20.8 Å². The van der Waals surface area contributed by atoms with E-state index in [0.717, 1.165) is 0 Å². The van der Waals surface area contributed by atoms with E-state index in [-0.39, 0.29) is 23.8 Å². The number of aliphatic carboxylic acids is 1. The fourth-order valence-electron chi connectivity index (χ4n) is 2.88. The predicted molar refractivity (Wildman–Crippen MR) is 120 cm³/mol. The molecule has 0 heterocycles. The van der Waals surface area contributed by atoms with Gasteiger partial charge in [0.25, 0.3) is 0 Å². The highest BCUT2D eigenvalue weighted by atomic mass is 16.5. The quantitative estimate of drug-likeness (QED) is 0.153. The second kappa shape index (κ2) is 15.4. The minimum atomic E-state index is -1.09. The summed E-state index contributed by atoms with van der Waals surface area (Å²) in [5.41, 5.74) is 2.28. The lowest BCUT2D eigenvalue weighted by atomic mass is 9.92. The maximum atomic E-state index is 12.2. The topological polar surface area (TPSA) is 182 Å². The second-order valence-corrected chi connectivity index (χ2v) is 8.24. The molecule has 1 rings (SSSR count). The van der Waals surface area contributed by atoms with E-state index in [4.69, 9.17) is 15.4 Å². The first-order valence-electron chi connectivity index (χ1n) is 10.4. The molecule has 1 aromatic rings. The summed E-state index contributed by atoms with van der Waals surface area (Å²) in [4.78, 5) is 54.9. The first kappa shape index (κ1) is 29.5. The third kappa shape index (κ3) is 12.9. The van der Waals surface area contributed by atoms with Crippen LogP contribution in [0.2, 0.25) is 0 Å². The van der Waals surface area contributed by atoms with Crippen LogP contribution in [0, 0.1) is 17.8 Å². The maximum Gasteiger partial charge on any atom is 0.335 e. The van der Waals surface area contributed by atoms with Crippen molar-refractivity contribution in [1.82, 2.24) is 10.8 Å².